The summed E-state index contributed by atoms with van der Waals surface area (Å²) in [6.45, 7) is 16.8. The molecule has 0 spiro atoms. The predicted molar refractivity (Wildman–Crippen MR) is 140 cm³/mol. The zero-order chi connectivity index (χ0) is 26.4. The minimum absolute atomic E-state index is 0.0195. The van der Waals surface area contributed by atoms with Crippen molar-refractivity contribution in [3.05, 3.63) is 47.1 Å². The molecule has 35 heavy (non-hydrogen) atoms. The fraction of sp³-hybridized carbons (Fsp3) is 0.690. The van der Waals surface area contributed by atoms with E-state index in [0.29, 0.717) is 5.92 Å². The number of hydrogen-bond acceptors (Lipinski definition) is 6. The molecule has 0 amide bonds. The Balaban J connectivity index is 2.27. The van der Waals surface area contributed by atoms with E-state index in [-0.39, 0.29) is 42.5 Å². The standard InChI is InChI=1S/C29H47NO5/c1-9-29(10-2,22-11-12-24(20(4)15-22)34-17-26(31)28(6,7)8)23-13-19(3)14-25(21(5)16-23)35-18-27(32)30-33/h11-13,15-16,19-20,24-25,27,30,32-33H,9-10,14,17-18H2,1-8H3. The number of Topliss-reactive ketones (excluding diaryl/α,β-unsaturated/α-hetero) is 1. The van der Waals surface area contributed by atoms with E-state index in [4.69, 9.17) is 14.7 Å². The molecular weight excluding hydrogens is 442 g/mol. The summed E-state index contributed by atoms with van der Waals surface area (Å²) >= 11 is 0. The highest BCUT2D eigenvalue weighted by Gasteiger charge is 2.37. The van der Waals surface area contributed by atoms with E-state index >= 15 is 0 Å². The molecule has 0 saturated carbocycles. The Morgan fingerprint density at radius 3 is 2.34 bits per heavy atom. The summed E-state index contributed by atoms with van der Waals surface area (Å²) in [5.41, 5.74) is 5.00. The average molecular weight is 490 g/mol. The first-order valence-electron chi connectivity index (χ1n) is 13.0. The first-order chi connectivity index (χ1) is 16.4. The summed E-state index contributed by atoms with van der Waals surface area (Å²) in [4.78, 5) is 12.3. The van der Waals surface area contributed by atoms with Gasteiger partial charge in [0.05, 0.1) is 18.8 Å². The van der Waals surface area contributed by atoms with Crippen molar-refractivity contribution in [3.8, 4) is 0 Å². The predicted octanol–water partition coefficient (Wildman–Crippen LogP) is 5.52. The molecule has 6 heteroatoms. The Hall–Kier alpha value is -1.57. The largest absolute Gasteiger partial charge is 0.374 e. The molecule has 2 aliphatic rings. The van der Waals surface area contributed by atoms with Crippen LogP contribution in [0.1, 0.15) is 74.7 Å². The number of hydrogen-bond donors (Lipinski definition) is 3. The highest BCUT2D eigenvalue weighted by atomic mass is 16.5. The van der Waals surface area contributed by atoms with E-state index in [1.165, 1.54) is 11.1 Å². The third-order valence-electron chi connectivity index (χ3n) is 7.53. The summed E-state index contributed by atoms with van der Waals surface area (Å²) in [6, 6.07) is 0. The molecule has 2 rings (SSSR count). The van der Waals surface area contributed by atoms with Gasteiger partial charge in [0.15, 0.2) is 5.78 Å². The number of carbonyl (C=O) groups is 1. The zero-order valence-electron chi connectivity index (χ0n) is 22.9. The lowest BCUT2D eigenvalue weighted by Gasteiger charge is -2.38. The van der Waals surface area contributed by atoms with Crippen molar-refractivity contribution in [2.45, 2.75) is 93.1 Å². The van der Waals surface area contributed by atoms with Gasteiger partial charge < -0.3 is 19.8 Å². The minimum atomic E-state index is -1.10. The summed E-state index contributed by atoms with van der Waals surface area (Å²) in [5.74, 6) is 0.574. The summed E-state index contributed by atoms with van der Waals surface area (Å²) in [7, 11) is 0. The summed E-state index contributed by atoms with van der Waals surface area (Å²) in [5, 5.41) is 18.5. The number of aliphatic hydroxyl groups is 1. The molecule has 3 N–H and O–H groups in total. The Labute approximate surface area is 212 Å². The normalized spacial score (nSPS) is 26.5. The molecule has 0 radical (unpaired) electrons. The monoisotopic (exact) mass is 489 g/mol. The van der Waals surface area contributed by atoms with Crippen molar-refractivity contribution in [3.63, 3.8) is 0 Å². The molecule has 2 aliphatic carbocycles. The molecule has 0 aliphatic heterocycles. The highest BCUT2D eigenvalue weighted by molar-refractivity contribution is 5.84. The molecule has 5 unspecified atom stereocenters. The van der Waals surface area contributed by atoms with Gasteiger partial charge in [-0.25, -0.2) is 0 Å². The molecule has 0 bridgehead atoms. The SMILES string of the molecule is CCC(CC)(C1=CC(C)CC(OCC(O)NO)C(C)=C1)C1=CC(C)C(OCC(=O)C(C)(C)C)C=C1. The van der Waals surface area contributed by atoms with Gasteiger partial charge in [-0.1, -0.05) is 78.8 Å². The first-order valence-corrected chi connectivity index (χ1v) is 13.0. The number of carbonyl (C=O) groups excluding carboxylic acids is 1. The fourth-order valence-electron chi connectivity index (χ4n) is 4.98. The Bertz CT molecular complexity index is 844. The van der Waals surface area contributed by atoms with Gasteiger partial charge in [0.25, 0.3) is 0 Å². The van der Waals surface area contributed by atoms with Gasteiger partial charge in [0.1, 0.15) is 12.8 Å². The molecule has 0 aromatic heterocycles. The third-order valence-corrected chi connectivity index (χ3v) is 7.53. The summed E-state index contributed by atoms with van der Waals surface area (Å²) < 4.78 is 11.9. The number of ether oxygens (including phenoxy) is 2. The van der Waals surface area contributed by atoms with Crippen molar-refractivity contribution in [1.29, 1.82) is 0 Å². The number of allylic oxidation sites excluding steroid dienone is 5. The van der Waals surface area contributed by atoms with Crippen LogP contribution in [0.15, 0.2) is 47.1 Å². The molecular formula is C29H47NO5. The molecule has 6 nitrogen and oxygen atoms in total. The van der Waals surface area contributed by atoms with Crippen molar-refractivity contribution in [2.75, 3.05) is 13.2 Å². The number of aliphatic hydroxyl groups excluding tert-OH is 1. The average Bonchev–Trinajstić information content (AvgIpc) is 2.94. The number of ketones is 1. The molecule has 0 heterocycles. The molecule has 0 aromatic carbocycles. The molecule has 0 saturated heterocycles. The smallest absolute Gasteiger partial charge is 0.163 e. The van der Waals surface area contributed by atoms with Crippen molar-refractivity contribution >= 4 is 5.78 Å². The maximum Gasteiger partial charge on any atom is 0.163 e. The van der Waals surface area contributed by atoms with Crippen LogP contribution in [0.3, 0.4) is 0 Å². The second-order valence-corrected chi connectivity index (χ2v) is 11.3. The van der Waals surface area contributed by atoms with Gasteiger partial charge in [0, 0.05) is 16.7 Å². The van der Waals surface area contributed by atoms with E-state index in [2.05, 4.69) is 65.0 Å². The van der Waals surface area contributed by atoms with Gasteiger partial charge in [0.2, 0.25) is 0 Å². The van der Waals surface area contributed by atoms with Crippen molar-refractivity contribution < 1.29 is 24.6 Å². The van der Waals surface area contributed by atoms with Crippen LogP contribution in [0.2, 0.25) is 0 Å². The van der Waals surface area contributed by atoms with Crippen molar-refractivity contribution in [2.24, 2.45) is 22.7 Å². The van der Waals surface area contributed by atoms with Gasteiger partial charge >= 0.3 is 0 Å². The first kappa shape index (κ1) is 29.7. The van der Waals surface area contributed by atoms with E-state index in [9.17, 15) is 9.90 Å². The van der Waals surface area contributed by atoms with Crippen LogP contribution in [-0.2, 0) is 14.3 Å². The van der Waals surface area contributed by atoms with Crippen LogP contribution >= 0.6 is 0 Å². The molecule has 198 valence electrons. The van der Waals surface area contributed by atoms with Gasteiger partial charge in [-0.3, -0.25) is 4.79 Å². The minimum Gasteiger partial charge on any atom is -0.374 e. The fourth-order valence-corrected chi connectivity index (χ4v) is 4.98. The van der Waals surface area contributed by atoms with E-state index < -0.39 is 11.6 Å². The number of hydroxylamine groups is 1. The van der Waals surface area contributed by atoms with Crippen LogP contribution in [0, 0.1) is 22.7 Å². The van der Waals surface area contributed by atoms with Gasteiger partial charge in [-0.2, -0.15) is 5.48 Å². The highest BCUT2D eigenvalue weighted by Crippen LogP contribution is 2.47. The molecule has 0 fully saturated rings. The lowest BCUT2D eigenvalue weighted by molar-refractivity contribution is -0.132. The summed E-state index contributed by atoms with van der Waals surface area (Å²) in [6.07, 6.45) is 12.6. The zero-order valence-corrected chi connectivity index (χ0v) is 22.9. The Morgan fingerprint density at radius 1 is 1.14 bits per heavy atom. The van der Waals surface area contributed by atoms with Gasteiger partial charge in [-0.15, -0.1) is 0 Å². The second kappa shape index (κ2) is 12.6. The Kier molecular flexibility index (Phi) is 10.7. The topological polar surface area (TPSA) is 88.0 Å². The van der Waals surface area contributed by atoms with E-state index in [0.717, 1.165) is 24.8 Å². The van der Waals surface area contributed by atoms with Crippen LogP contribution < -0.4 is 5.48 Å². The van der Waals surface area contributed by atoms with E-state index in [1.54, 1.807) is 0 Å². The Morgan fingerprint density at radius 2 is 1.80 bits per heavy atom. The quantitative estimate of drug-likeness (QED) is 0.262. The third kappa shape index (κ3) is 7.46. The van der Waals surface area contributed by atoms with E-state index in [1.807, 2.05) is 26.3 Å². The lowest BCUT2D eigenvalue weighted by Crippen LogP contribution is -2.33. The molecule has 5 atom stereocenters. The number of rotatable bonds is 11. The maximum absolute atomic E-state index is 12.3. The number of nitrogens with one attached hydrogen (secondary N) is 1. The van der Waals surface area contributed by atoms with Crippen LogP contribution in [0.5, 0.6) is 0 Å². The lowest BCUT2D eigenvalue weighted by atomic mass is 9.66. The second-order valence-electron chi connectivity index (χ2n) is 11.3. The van der Waals surface area contributed by atoms with Gasteiger partial charge in [-0.05, 0) is 48.8 Å². The van der Waals surface area contributed by atoms with Crippen LogP contribution in [0.4, 0.5) is 0 Å². The van der Waals surface area contributed by atoms with Crippen molar-refractivity contribution in [1.82, 2.24) is 5.48 Å². The van der Waals surface area contributed by atoms with Crippen LogP contribution in [-0.4, -0.2) is 47.7 Å². The maximum atomic E-state index is 12.3. The molecule has 0 aromatic rings. The van der Waals surface area contributed by atoms with Crippen LogP contribution in [0.25, 0.3) is 0 Å².